The van der Waals surface area contributed by atoms with E-state index in [4.69, 9.17) is 14.7 Å². The number of halogens is 3. The van der Waals surface area contributed by atoms with E-state index < -0.39 is 11.7 Å². The number of nitrogens with zero attached hydrogens (tertiary/aromatic N) is 4. The highest BCUT2D eigenvalue weighted by molar-refractivity contribution is 5.93. The minimum absolute atomic E-state index is 0.0884. The van der Waals surface area contributed by atoms with Crippen molar-refractivity contribution in [3.05, 3.63) is 77.7 Å². The smallest absolute Gasteiger partial charge is 0.373 e. The van der Waals surface area contributed by atoms with Crippen molar-refractivity contribution in [2.45, 2.75) is 52.1 Å². The number of hydrogen-bond donors (Lipinski definition) is 1. The molecule has 6 nitrogen and oxygen atoms in total. The van der Waals surface area contributed by atoms with Crippen molar-refractivity contribution in [2.75, 3.05) is 18.4 Å². The second-order valence-corrected chi connectivity index (χ2v) is 9.74. The Morgan fingerprint density at radius 2 is 1.74 bits per heavy atom. The average Bonchev–Trinajstić information content (AvgIpc) is 2.88. The molecule has 0 radical (unpaired) electrons. The van der Waals surface area contributed by atoms with E-state index in [2.05, 4.69) is 34.3 Å². The van der Waals surface area contributed by atoms with E-state index >= 15 is 0 Å². The highest BCUT2D eigenvalue weighted by atomic mass is 19.4. The van der Waals surface area contributed by atoms with Gasteiger partial charge in [-0.3, -0.25) is 9.88 Å². The topological polar surface area (TPSA) is 63.2 Å². The van der Waals surface area contributed by atoms with E-state index in [1.54, 1.807) is 18.2 Å². The SMILES string of the molecule is CCc1ccc(Nc2nc(CN3C[C@@H](C)O[C@@H](C)C3)nc3cc(-c4ncccc4C(F)(F)F)ccc23)cc1. The van der Waals surface area contributed by atoms with E-state index in [0.717, 1.165) is 31.3 Å². The Kier molecular flexibility index (Phi) is 7.32. The fourth-order valence-corrected chi connectivity index (χ4v) is 4.93. The molecule has 1 aliphatic heterocycles. The number of aromatic nitrogens is 3. The van der Waals surface area contributed by atoms with Crippen LogP contribution in [-0.2, 0) is 23.9 Å². The minimum atomic E-state index is -4.52. The highest BCUT2D eigenvalue weighted by Gasteiger charge is 2.34. The van der Waals surface area contributed by atoms with Crippen LogP contribution < -0.4 is 5.32 Å². The van der Waals surface area contributed by atoms with Gasteiger partial charge in [-0.1, -0.05) is 25.1 Å². The van der Waals surface area contributed by atoms with Gasteiger partial charge in [0.2, 0.25) is 0 Å². The van der Waals surface area contributed by atoms with Crippen molar-refractivity contribution in [1.29, 1.82) is 0 Å². The molecule has 9 heteroatoms. The van der Waals surface area contributed by atoms with E-state index in [9.17, 15) is 13.2 Å². The van der Waals surface area contributed by atoms with Crippen LogP contribution in [0.3, 0.4) is 0 Å². The van der Waals surface area contributed by atoms with Gasteiger partial charge in [0.1, 0.15) is 11.6 Å². The number of morpholine rings is 1. The Bertz CT molecular complexity index is 1410. The number of alkyl halides is 3. The molecule has 0 spiro atoms. The molecule has 1 saturated heterocycles. The van der Waals surface area contributed by atoms with E-state index in [1.807, 2.05) is 26.0 Å². The van der Waals surface area contributed by atoms with Gasteiger partial charge in [-0.25, -0.2) is 9.97 Å². The number of benzene rings is 2. The Balaban J connectivity index is 1.57. The molecule has 4 aromatic rings. The molecule has 5 rings (SSSR count). The maximum absolute atomic E-state index is 13.7. The van der Waals surface area contributed by atoms with E-state index in [-0.39, 0.29) is 17.9 Å². The first-order valence-corrected chi connectivity index (χ1v) is 12.8. The molecular weight excluding hydrogens is 491 g/mol. The number of aryl methyl sites for hydroxylation is 1. The van der Waals surface area contributed by atoms with Crippen molar-refractivity contribution in [1.82, 2.24) is 19.9 Å². The first kappa shape index (κ1) is 26.1. The summed E-state index contributed by atoms with van der Waals surface area (Å²) in [6.07, 6.45) is -2.03. The normalized spacial score (nSPS) is 18.6. The first-order chi connectivity index (χ1) is 18.2. The molecule has 0 saturated carbocycles. The van der Waals surface area contributed by atoms with Crippen LogP contribution in [0.15, 0.2) is 60.8 Å². The van der Waals surface area contributed by atoms with Gasteiger partial charge in [-0.05, 0) is 62.2 Å². The van der Waals surface area contributed by atoms with Gasteiger partial charge in [-0.2, -0.15) is 13.2 Å². The Morgan fingerprint density at radius 1 is 1.00 bits per heavy atom. The highest BCUT2D eigenvalue weighted by Crippen LogP contribution is 2.37. The van der Waals surface area contributed by atoms with Crippen LogP contribution in [0.2, 0.25) is 0 Å². The molecule has 0 aliphatic carbocycles. The quantitative estimate of drug-likeness (QED) is 0.308. The van der Waals surface area contributed by atoms with E-state index in [0.29, 0.717) is 34.7 Å². The predicted octanol–water partition coefficient (Wildman–Crippen LogP) is 6.63. The van der Waals surface area contributed by atoms with Gasteiger partial charge in [-0.15, -0.1) is 0 Å². The number of rotatable bonds is 6. The van der Waals surface area contributed by atoms with Crippen molar-refractivity contribution >= 4 is 22.4 Å². The number of ether oxygens (including phenoxy) is 1. The van der Waals surface area contributed by atoms with Crippen molar-refractivity contribution in [2.24, 2.45) is 0 Å². The molecule has 0 bridgehead atoms. The van der Waals surface area contributed by atoms with Crippen LogP contribution in [0.1, 0.15) is 37.7 Å². The standard InChI is InChI=1S/C29H30F3N5O/c1-4-20-7-10-22(11-8-20)34-28-23-12-9-21(27-24(29(30,31)32)6-5-13-33-27)14-25(23)35-26(36-28)17-37-15-18(2)38-19(3)16-37/h5-14,18-19H,4,15-17H2,1-3H3,(H,34,35,36)/t18-,19+. The van der Waals surface area contributed by atoms with Crippen LogP contribution in [0.5, 0.6) is 0 Å². The fourth-order valence-electron chi connectivity index (χ4n) is 4.93. The third-order valence-corrected chi connectivity index (χ3v) is 6.61. The van der Waals surface area contributed by atoms with Crippen molar-refractivity contribution < 1.29 is 17.9 Å². The lowest BCUT2D eigenvalue weighted by atomic mass is 10.0. The maximum atomic E-state index is 13.7. The van der Waals surface area contributed by atoms with Gasteiger partial charge in [0, 0.05) is 35.9 Å². The number of pyridine rings is 1. The molecule has 3 heterocycles. The zero-order chi connectivity index (χ0) is 26.9. The lowest BCUT2D eigenvalue weighted by molar-refractivity contribution is -0.137. The molecule has 38 heavy (non-hydrogen) atoms. The van der Waals surface area contributed by atoms with Crippen molar-refractivity contribution in [3.8, 4) is 11.3 Å². The Morgan fingerprint density at radius 3 is 2.42 bits per heavy atom. The third kappa shape index (κ3) is 5.79. The molecule has 2 aromatic heterocycles. The zero-order valence-corrected chi connectivity index (χ0v) is 21.6. The number of hydrogen-bond acceptors (Lipinski definition) is 6. The van der Waals surface area contributed by atoms with Gasteiger partial charge in [0.25, 0.3) is 0 Å². The van der Waals surface area contributed by atoms with E-state index in [1.165, 1.54) is 17.8 Å². The monoisotopic (exact) mass is 521 g/mol. The maximum Gasteiger partial charge on any atom is 0.418 e. The molecule has 198 valence electrons. The number of fused-ring (bicyclic) bond motifs is 1. The summed E-state index contributed by atoms with van der Waals surface area (Å²) in [6.45, 7) is 8.16. The zero-order valence-electron chi connectivity index (χ0n) is 21.6. The first-order valence-electron chi connectivity index (χ1n) is 12.8. The summed E-state index contributed by atoms with van der Waals surface area (Å²) in [5.41, 5.74) is 2.09. The second kappa shape index (κ2) is 10.7. The minimum Gasteiger partial charge on any atom is -0.373 e. The van der Waals surface area contributed by atoms with Gasteiger partial charge in [0.05, 0.1) is 35.5 Å². The lowest BCUT2D eigenvalue weighted by Gasteiger charge is -2.34. The molecule has 1 aliphatic rings. The van der Waals surface area contributed by atoms with Crippen molar-refractivity contribution in [3.63, 3.8) is 0 Å². The second-order valence-electron chi connectivity index (χ2n) is 9.74. The molecule has 0 unspecified atom stereocenters. The summed E-state index contributed by atoms with van der Waals surface area (Å²) in [5.74, 6) is 1.19. The number of anilines is 2. The lowest BCUT2D eigenvalue weighted by Crippen LogP contribution is -2.45. The fraction of sp³-hybridized carbons (Fsp3) is 0.345. The van der Waals surface area contributed by atoms with Gasteiger partial charge in [0.15, 0.2) is 0 Å². The van der Waals surface area contributed by atoms with Crippen LogP contribution in [-0.4, -0.2) is 45.1 Å². The molecular formula is C29H30F3N5O. The largest absolute Gasteiger partial charge is 0.418 e. The van der Waals surface area contributed by atoms with Crippen LogP contribution in [0.25, 0.3) is 22.2 Å². The predicted molar refractivity (Wildman–Crippen MR) is 142 cm³/mol. The summed E-state index contributed by atoms with van der Waals surface area (Å²) in [5, 5.41) is 4.11. The summed E-state index contributed by atoms with van der Waals surface area (Å²) in [4.78, 5) is 15.9. The Labute approximate surface area is 219 Å². The summed E-state index contributed by atoms with van der Waals surface area (Å²) in [6, 6.07) is 15.5. The summed E-state index contributed by atoms with van der Waals surface area (Å²) in [7, 11) is 0. The van der Waals surface area contributed by atoms with Crippen LogP contribution in [0.4, 0.5) is 24.7 Å². The third-order valence-electron chi connectivity index (χ3n) is 6.61. The molecule has 0 amide bonds. The summed E-state index contributed by atoms with van der Waals surface area (Å²) >= 11 is 0. The average molecular weight is 522 g/mol. The molecule has 2 atom stereocenters. The molecule has 2 aromatic carbocycles. The van der Waals surface area contributed by atoms with Crippen LogP contribution in [0, 0.1) is 0 Å². The van der Waals surface area contributed by atoms with Gasteiger partial charge >= 0.3 is 6.18 Å². The molecule has 1 fully saturated rings. The van der Waals surface area contributed by atoms with Crippen LogP contribution >= 0.6 is 0 Å². The molecule has 1 N–H and O–H groups in total. The number of nitrogens with one attached hydrogen (secondary N) is 1. The van der Waals surface area contributed by atoms with Gasteiger partial charge < -0.3 is 10.1 Å². The Hall–Kier alpha value is -3.56. The summed E-state index contributed by atoms with van der Waals surface area (Å²) < 4.78 is 47.0.